The lowest BCUT2D eigenvalue weighted by atomic mass is 10.1. The van der Waals surface area contributed by atoms with Crippen molar-refractivity contribution in [2.45, 2.75) is 31.1 Å². The fourth-order valence-electron chi connectivity index (χ4n) is 3.71. The number of anilines is 1. The van der Waals surface area contributed by atoms with E-state index in [-0.39, 0.29) is 29.3 Å². The van der Waals surface area contributed by atoms with Gasteiger partial charge in [0, 0.05) is 18.7 Å². The zero-order valence-corrected chi connectivity index (χ0v) is 19.0. The van der Waals surface area contributed by atoms with Crippen LogP contribution in [0.3, 0.4) is 0 Å². The molecule has 1 aromatic carbocycles. The number of aliphatic hydroxyl groups is 2. The summed E-state index contributed by atoms with van der Waals surface area (Å²) in [5, 5.41) is 34.5. The number of benzene rings is 1. The molecule has 3 heterocycles. The molecular weight excluding hydrogens is 491 g/mol. The van der Waals surface area contributed by atoms with Gasteiger partial charge in [0.25, 0.3) is 17.2 Å². The van der Waals surface area contributed by atoms with Gasteiger partial charge >= 0.3 is 13.5 Å². The van der Waals surface area contributed by atoms with Gasteiger partial charge in [0.1, 0.15) is 18.3 Å². The molecule has 35 heavy (non-hydrogen) atoms. The lowest BCUT2D eigenvalue weighted by molar-refractivity contribution is -0.745. The molecular formula is C18H22N6O10P+. The van der Waals surface area contributed by atoms with Crippen LogP contribution in [0.25, 0.3) is 11.2 Å². The molecule has 16 nitrogen and oxygen atoms in total. The number of hydrogen-bond acceptors (Lipinski definition) is 10. The van der Waals surface area contributed by atoms with Crippen LogP contribution in [0.1, 0.15) is 11.8 Å². The van der Waals surface area contributed by atoms with E-state index in [1.165, 1.54) is 27.6 Å². The molecule has 0 amide bonds. The standard InChI is InChI=1S/C18H21N6O10P/c1-22-8-23(17-14(26)13(25)11(34-17)7-33-35(30,31)32)15-12(22)16(27)21-18(20-15)19-6-9-2-4-10(5-3-9)24(28)29/h2-5,8,11,13-14,17,25-26H,6-7H2,1H3,(H3-,19,20,21,27,30,31,32)/p+1/t11-,13-,14-,17-/m1/s1. The fourth-order valence-corrected chi connectivity index (χ4v) is 4.05. The molecule has 1 aliphatic heterocycles. The highest BCUT2D eigenvalue weighted by Crippen LogP contribution is 2.37. The number of aromatic amines is 1. The quantitative estimate of drug-likeness (QED) is 0.0903. The number of rotatable bonds is 8. The number of fused-ring (bicyclic) bond motifs is 1. The number of phosphoric acid groups is 1. The Hall–Kier alpha value is -3.24. The summed E-state index contributed by atoms with van der Waals surface area (Å²) in [5.74, 6) is 0.0650. The van der Waals surface area contributed by atoms with Gasteiger partial charge in [-0.05, 0) is 5.56 Å². The van der Waals surface area contributed by atoms with Gasteiger partial charge in [-0.15, -0.1) is 0 Å². The normalized spacial score (nSPS) is 22.5. The molecule has 0 saturated carbocycles. The van der Waals surface area contributed by atoms with Gasteiger partial charge in [0.2, 0.25) is 11.7 Å². The van der Waals surface area contributed by atoms with E-state index in [4.69, 9.17) is 14.5 Å². The Balaban J connectivity index is 1.59. The first-order valence-corrected chi connectivity index (χ1v) is 11.7. The maximum Gasteiger partial charge on any atom is 0.469 e. The van der Waals surface area contributed by atoms with Crippen molar-refractivity contribution in [1.82, 2.24) is 14.5 Å². The average molecular weight is 513 g/mol. The summed E-state index contributed by atoms with van der Waals surface area (Å²) in [7, 11) is -3.27. The molecule has 1 saturated heterocycles. The summed E-state index contributed by atoms with van der Waals surface area (Å²) < 4.78 is 23.7. The number of nitrogens with zero attached hydrogens (tertiary/aromatic N) is 4. The van der Waals surface area contributed by atoms with Crippen LogP contribution in [-0.4, -0.2) is 64.4 Å². The number of hydrogen-bond donors (Lipinski definition) is 6. The molecule has 2 aromatic heterocycles. The van der Waals surface area contributed by atoms with E-state index < -0.39 is 49.5 Å². The van der Waals surface area contributed by atoms with Crippen molar-refractivity contribution >= 4 is 30.6 Å². The number of nitro benzene ring substituents is 1. The number of nitrogens with one attached hydrogen (secondary N) is 2. The van der Waals surface area contributed by atoms with Crippen LogP contribution >= 0.6 is 7.82 Å². The minimum absolute atomic E-state index is 0.0613. The van der Waals surface area contributed by atoms with Gasteiger partial charge in [0.05, 0.1) is 18.6 Å². The molecule has 0 spiro atoms. The molecule has 4 rings (SSSR count). The van der Waals surface area contributed by atoms with Crippen molar-refractivity contribution in [3.63, 3.8) is 0 Å². The Morgan fingerprint density at radius 2 is 2.00 bits per heavy atom. The predicted octanol–water partition coefficient (Wildman–Crippen LogP) is -1.20. The summed E-state index contributed by atoms with van der Waals surface area (Å²) in [6.45, 7) is -0.497. The summed E-state index contributed by atoms with van der Waals surface area (Å²) in [5.41, 5.74) is 0.330. The average Bonchev–Trinajstić information content (AvgIpc) is 3.27. The van der Waals surface area contributed by atoms with Crippen molar-refractivity contribution in [3.8, 4) is 0 Å². The molecule has 1 aliphatic rings. The van der Waals surface area contributed by atoms with E-state index in [2.05, 4.69) is 19.8 Å². The van der Waals surface area contributed by atoms with Gasteiger partial charge in [-0.1, -0.05) is 17.1 Å². The van der Waals surface area contributed by atoms with Crippen LogP contribution in [0.4, 0.5) is 11.6 Å². The second-order valence-corrected chi connectivity index (χ2v) is 9.07. The monoisotopic (exact) mass is 513 g/mol. The second kappa shape index (κ2) is 9.43. The molecule has 0 unspecified atom stereocenters. The lowest BCUT2D eigenvalue weighted by Gasteiger charge is -2.14. The Morgan fingerprint density at radius 1 is 1.31 bits per heavy atom. The molecule has 3 aromatic rings. The first-order chi connectivity index (χ1) is 16.4. The zero-order chi connectivity index (χ0) is 25.5. The van der Waals surface area contributed by atoms with E-state index in [9.17, 15) is 29.7 Å². The third-order valence-corrected chi connectivity index (χ3v) is 5.88. The van der Waals surface area contributed by atoms with Crippen LogP contribution < -0.4 is 15.4 Å². The molecule has 17 heteroatoms. The maximum atomic E-state index is 12.7. The molecule has 4 atom stereocenters. The maximum absolute atomic E-state index is 12.7. The molecule has 0 radical (unpaired) electrons. The van der Waals surface area contributed by atoms with E-state index in [0.29, 0.717) is 5.56 Å². The minimum Gasteiger partial charge on any atom is -0.387 e. The lowest BCUT2D eigenvalue weighted by Crippen LogP contribution is -2.46. The number of aliphatic hydroxyl groups excluding tert-OH is 2. The molecule has 1 fully saturated rings. The largest absolute Gasteiger partial charge is 0.469 e. The summed E-state index contributed by atoms with van der Waals surface area (Å²) in [6.07, 6.45) is -4.13. The van der Waals surface area contributed by atoms with Crippen molar-refractivity contribution in [1.29, 1.82) is 0 Å². The Labute approximate surface area is 195 Å². The Bertz CT molecular complexity index is 1350. The first kappa shape index (κ1) is 24.9. The third kappa shape index (κ3) is 5.23. The predicted molar refractivity (Wildman–Crippen MR) is 116 cm³/mol. The number of H-pyrrole nitrogens is 1. The summed E-state index contributed by atoms with van der Waals surface area (Å²) >= 11 is 0. The highest BCUT2D eigenvalue weighted by Gasteiger charge is 2.47. The van der Waals surface area contributed by atoms with Crippen LogP contribution in [0.5, 0.6) is 0 Å². The molecule has 6 N–H and O–H groups in total. The van der Waals surface area contributed by atoms with Crippen LogP contribution in [0.2, 0.25) is 0 Å². The Morgan fingerprint density at radius 3 is 2.63 bits per heavy atom. The van der Waals surface area contributed by atoms with Gasteiger partial charge in [-0.25, -0.2) is 9.13 Å². The van der Waals surface area contributed by atoms with E-state index in [1.54, 1.807) is 19.2 Å². The molecule has 0 bridgehead atoms. The van der Waals surface area contributed by atoms with Crippen LogP contribution in [0, 0.1) is 10.1 Å². The molecule has 0 aliphatic carbocycles. The number of non-ortho nitro benzene ring substituents is 1. The van der Waals surface area contributed by atoms with Crippen LogP contribution in [0.15, 0.2) is 35.4 Å². The SMILES string of the molecule is Cn1c[n+]([C@@H]2O[C@H](COP(=O)(O)O)[C@@H](O)[C@H]2O)c2nc(NCc3ccc([N+](=O)[O-])cc3)[nH]c(=O)c21. The highest BCUT2D eigenvalue weighted by atomic mass is 31.2. The van der Waals surface area contributed by atoms with Crippen molar-refractivity contribution in [2.24, 2.45) is 7.05 Å². The van der Waals surface area contributed by atoms with Crippen molar-refractivity contribution < 1.29 is 43.3 Å². The smallest absolute Gasteiger partial charge is 0.387 e. The number of aromatic nitrogens is 4. The van der Waals surface area contributed by atoms with E-state index in [0.717, 1.165) is 0 Å². The van der Waals surface area contributed by atoms with Gasteiger partial charge in [-0.2, -0.15) is 0 Å². The van der Waals surface area contributed by atoms with Gasteiger partial charge < -0.3 is 30.1 Å². The van der Waals surface area contributed by atoms with Crippen molar-refractivity contribution in [2.75, 3.05) is 11.9 Å². The van der Waals surface area contributed by atoms with Gasteiger partial charge in [-0.3, -0.25) is 29.0 Å². The minimum atomic E-state index is -4.83. The van der Waals surface area contributed by atoms with E-state index in [1.807, 2.05) is 0 Å². The number of nitro groups is 1. The number of imidazole rings is 1. The highest BCUT2D eigenvalue weighted by molar-refractivity contribution is 7.46. The molecule has 188 valence electrons. The number of ether oxygens (including phenoxy) is 1. The first-order valence-electron chi connectivity index (χ1n) is 10.1. The zero-order valence-electron chi connectivity index (χ0n) is 18.1. The summed E-state index contributed by atoms with van der Waals surface area (Å²) in [6, 6.07) is 5.79. The van der Waals surface area contributed by atoms with Gasteiger partial charge in [0.15, 0.2) is 6.33 Å². The fraction of sp³-hybridized carbons (Fsp3) is 0.389. The van der Waals surface area contributed by atoms with Crippen LogP contribution in [-0.2, 0) is 27.4 Å². The number of aryl methyl sites for hydroxylation is 1. The number of phosphoric ester groups is 1. The topological polar surface area (TPSA) is 226 Å². The second-order valence-electron chi connectivity index (χ2n) is 7.83. The van der Waals surface area contributed by atoms with Crippen molar-refractivity contribution in [3.05, 3.63) is 56.6 Å². The summed E-state index contributed by atoms with van der Waals surface area (Å²) in [4.78, 5) is 47.7. The third-order valence-electron chi connectivity index (χ3n) is 5.40. The van der Waals surface area contributed by atoms with E-state index >= 15 is 0 Å². The Kier molecular flexibility index (Phi) is 6.70.